The zero-order valence-electron chi connectivity index (χ0n) is 13.2. The van der Waals surface area contributed by atoms with Crippen LogP contribution in [0.25, 0.3) is 0 Å². The molecule has 3 aliphatic heterocycles. The average molecular weight is 337 g/mol. The quantitative estimate of drug-likeness (QED) is 0.902. The van der Waals surface area contributed by atoms with Crippen molar-refractivity contribution in [1.29, 1.82) is 0 Å². The summed E-state index contributed by atoms with van der Waals surface area (Å²) in [6.07, 6.45) is 5.77. The number of rotatable bonds is 2. The standard InChI is InChI=1S/C17H21ClN2O3/c1-20-12-3-2-4-13(20)8-11(7-12)19-17(21)14-5-10(18)6-15-16(14)23-9-22-15/h5-6,11-13H,2-4,7-9H2,1H3,(H,19,21). The van der Waals surface area contributed by atoms with E-state index in [9.17, 15) is 4.79 Å². The highest BCUT2D eigenvalue weighted by Gasteiger charge is 2.37. The molecule has 2 atom stereocenters. The highest BCUT2D eigenvalue weighted by atomic mass is 35.5. The van der Waals surface area contributed by atoms with Crippen LogP contribution in [-0.4, -0.2) is 42.8 Å². The van der Waals surface area contributed by atoms with Crippen LogP contribution in [-0.2, 0) is 0 Å². The topological polar surface area (TPSA) is 50.8 Å². The van der Waals surface area contributed by atoms with Gasteiger partial charge in [-0.1, -0.05) is 18.0 Å². The Hall–Kier alpha value is -1.46. The Kier molecular flexibility index (Phi) is 3.85. The van der Waals surface area contributed by atoms with Crippen molar-refractivity contribution in [3.63, 3.8) is 0 Å². The van der Waals surface area contributed by atoms with Crippen molar-refractivity contribution in [2.45, 2.75) is 50.2 Å². The summed E-state index contributed by atoms with van der Waals surface area (Å²) < 4.78 is 10.8. The molecule has 0 aliphatic carbocycles. The minimum absolute atomic E-state index is 0.123. The Bertz CT molecular complexity index is 623. The molecule has 1 amide bonds. The molecule has 2 fully saturated rings. The van der Waals surface area contributed by atoms with Crippen molar-refractivity contribution in [2.24, 2.45) is 0 Å². The first-order valence-electron chi connectivity index (χ1n) is 8.24. The molecule has 3 heterocycles. The fourth-order valence-electron chi connectivity index (χ4n) is 4.14. The molecule has 1 aromatic rings. The summed E-state index contributed by atoms with van der Waals surface area (Å²) in [5, 5.41) is 3.67. The maximum Gasteiger partial charge on any atom is 0.255 e. The van der Waals surface area contributed by atoms with Gasteiger partial charge in [-0.15, -0.1) is 0 Å². The molecule has 1 N–H and O–H groups in total. The van der Waals surface area contributed by atoms with Crippen molar-refractivity contribution in [2.75, 3.05) is 13.8 Å². The van der Waals surface area contributed by atoms with Crippen LogP contribution in [0.2, 0.25) is 5.02 Å². The summed E-state index contributed by atoms with van der Waals surface area (Å²) >= 11 is 6.09. The van der Waals surface area contributed by atoms with Crippen LogP contribution in [0.3, 0.4) is 0 Å². The van der Waals surface area contributed by atoms with Gasteiger partial charge in [0.05, 0.1) is 5.56 Å². The van der Waals surface area contributed by atoms with Crippen molar-refractivity contribution in [1.82, 2.24) is 10.2 Å². The molecule has 3 aliphatic rings. The third-order valence-electron chi connectivity index (χ3n) is 5.36. The lowest BCUT2D eigenvalue weighted by Crippen LogP contribution is -2.55. The minimum atomic E-state index is -0.123. The van der Waals surface area contributed by atoms with E-state index in [4.69, 9.17) is 21.1 Å². The fourth-order valence-corrected chi connectivity index (χ4v) is 4.35. The number of nitrogens with one attached hydrogen (secondary N) is 1. The fraction of sp³-hybridized carbons (Fsp3) is 0.588. The molecule has 5 nitrogen and oxygen atoms in total. The monoisotopic (exact) mass is 336 g/mol. The maximum atomic E-state index is 12.7. The summed E-state index contributed by atoms with van der Waals surface area (Å²) in [6, 6.07) is 4.71. The summed E-state index contributed by atoms with van der Waals surface area (Å²) in [7, 11) is 2.21. The van der Waals surface area contributed by atoms with Crippen LogP contribution in [0, 0.1) is 0 Å². The van der Waals surface area contributed by atoms with Gasteiger partial charge in [0.1, 0.15) is 0 Å². The Morgan fingerprint density at radius 2 is 2.00 bits per heavy atom. The number of ether oxygens (including phenoxy) is 2. The van der Waals surface area contributed by atoms with E-state index in [2.05, 4.69) is 17.3 Å². The van der Waals surface area contributed by atoms with Crippen LogP contribution in [0.5, 0.6) is 11.5 Å². The number of piperidine rings is 2. The number of hydrogen-bond donors (Lipinski definition) is 1. The molecule has 0 saturated carbocycles. The molecular weight excluding hydrogens is 316 g/mol. The average Bonchev–Trinajstić information content (AvgIpc) is 2.95. The van der Waals surface area contributed by atoms with Gasteiger partial charge in [-0.2, -0.15) is 0 Å². The van der Waals surface area contributed by atoms with Gasteiger partial charge in [-0.25, -0.2) is 0 Å². The van der Waals surface area contributed by atoms with E-state index < -0.39 is 0 Å². The molecule has 0 aromatic heterocycles. The van der Waals surface area contributed by atoms with Crippen molar-refractivity contribution >= 4 is 17.5 Å². The summed E-state index contributed by atoms with van der Waals surface area (Å²) in [4.78, 5) is 15.2. The Morgan fingerprint density at radius 3 is 2.74 bits per heavy atom. The second kappa shape index (κ2) is 5.87. The molecule has 1 aromatic carbocycles. The SMILES string of the molecule is CN1C2CCCC1CC(NC(=O)c1cc(Cl)cc3c1OCO3)C2. The van der Waals surface area contributed by atoms with Crippen LogP contribution in [0.1, 0.15) is 42.5 Å². The number of nitrogens with zero attached hydrogens (tertiary/aromatic N) is 1. The van der Waals surface area contributed by atoms with E-state index in [1.807, 2.05) is 0 Å². The molecule has 23 heavy (non-hydrogen) atoms. The lowest BCUT2D eigenvalue weighted by molar-refractivity contribution is 0.0462. The third-order valence-corrected chi connectivity index (χ3v) is 5.58. The van der Waals surface area contributed by atoms with E-state index in [1.54, 1.807) is 12.1 Å². The lowest BCUT2D eigenvalue weighted by Gasteiger charge is -2.47. The molecular formula is C17H21ClN2O3. The van der Waals surface area contributed by atoms with Gasteiger partial charge in [-0.3, -0.25) is 4.79 Å². The van der Waals surface area contributed by atoms with Gasteiger partial charge < -0.3 is 19.7 Å². The maximum absolute atomic E-state index is 12.7. The molecule has 2 bridgehead atoms. The normalized spacial score (nSPS) is 29.4. The zero-order valence-corrected chi connectivity index (χ0v) is 13.9. The van der Waals surface area contributed by atoms with Gasteiger partial charge in [0.2, 0.25) is 6.79 Å². The van der Waals surface area contributed by atoms with Crippen LogP contribution in [0.15, 0.2) is 12.1 Å². The molecule has 4 rings (SSSR count). The first-order chi connectivity index (χ1) is 11.1. The molecule has 2 saturated heterocycles. The molecule has 0 spiro atoms. The van der Waals surface area contributed by atoms with Gasteiger partial charge in [0.15, 0.2) is 11.5 Å². The lowest BCUT2D eigenvalue weighted by atomic mass is 9.82. The second-order valence-electron chi connectivity index (χ2n) is 6.73. The van der Waals surface area contributed by atoms with E-state index in [-0.39, 0.29) is 18.7 Å². The van der Waals surface area contributed by atoms with Gasteiger partial charge in [0, 0.05) is 29.2 Å². The van der Waals surface area contributed by atoms with Crippen molar-refractivity contribution in [3.05, 3.63) is 22.7 Å². The number of halogens is 1. The smallest absolute Gasteiger partial charge is 0.255 e. The number of carbonyl (C=O) groups is 1. The Labute approximate surface area is 140 Å². The third kappa shape index (κ3) is 2.76. The van der Waals surface area contributed by atoms with E-state index in [0.29, 0.717) is 34.2 Å². The molecule has 6 heteroatoms. The number of carbonyl (C=O) groups excluding carboxylic acids is 1. The van der Waals surface area contributed by atoms with Crippen LogP contribution >= 0.6 is 11.6 Å². The minimum Gasteiger partial charge on any atom is -0.454 e. The second-order valence-corrected chi connectivity index (χ2v) is 7.17. The number of hydrogen-bond acceptors (Lipinski definition) is 4. The molecule has 124 valence electrons. The van der Waals surface area contributed by atoms with Crippen molar-refractivity contribution < 1.29 is 14.3 Å². The highest BCUT2D eigenvalue weighted by Crippen LogP contribution is 2.39. The predicted octanol–water partition coefficient (Wildman–Crippen LogP) is 2.81. The number of benzene rings is 1. The Balaban J connectivity index is 1.51. The van der Waals surface area contributed by atoms with E-state index in [1.165, 1.54) is 19.3 Å². The first-order valence-corrected chi connectivity index (χ1v) is 8.61. The highest BCUT2D eigenvalue weighted by molar-refractivity contribution is 6.31. The van der Waals surface area contributed by atoms with E-state index in [0.717, 1.165) is 12.8 Å². The molecule has 0 radical (unpaired) electrons. The van der Waals surface area contributed by atoms with Gasteiger partial charge in [0.25, 0.3) is 5.91 Å². The summed E-state index contributed by atoms with van der Waals surface area (Å²) in [6.45, 7) is 0.133. The van der Waals surface area contributed by atoms with Gasteiger partial charge >= 0.3 is 0 Å². The zero-order chi connectivity index (χ0) is 16.0. The predicted molar refractivity (Wildman–Crippen MR) is 87.3 cm³/mol. The number of amides is 1. The van der Waals surface area contributed by atoms with E-state index >= 15 is 0 Å². The summed E-state index contributed by atoms with van der Waals surface area (Å²) in [5.74, 6) is 0.921. The van der Waals surface area contributed by atoms with Crippen LogP contribution < -0.4 is 14.8 Å². The number of fused-ring (bicyclic) bond motifs is 3. The Morgan fingerprint density at radius 1 is 1.26 bits per heavy atom. The van der Waals surface area contributed by atoms with Gasteiger partial charge in [-0.05, 0) is 38.8 Å². The van der Waals surface area contributed by atoms with Crippen LogP contribution in [0.4, 0.5) is 0 Å². The van der Waals surface area contributed by atoms with Crippen molar-refractivity contribution in [3.8, 4) is 11.5 Å². The first kappa shape index (κ1) is 15.1. The largest absolute Gasteiger partial charge is 0.454 e. The molecule has 2 unspecified atom stereocenters. The summed E-state index contributed by atoms with van der Waals surface area (Å²) in [5.41, 5.74) is 0.467.